The Morgan fingerprint density at radius 1 is 1.10 bits per heavy atom. The number of rotatable bonds is 0. The molecule has 6 aliphatic rings. The third kappa shape index (κ3) is 2.26. The molecule has 2 heterocycles. The number of allylic oxidation sites excluding steroid dienone is 1. The van der Waals surface area contributed by atoms with Gasteiger partial charge in [-0.2, -0.15) is 0 Å². The first kappa shape index (κ1) is 18.9. The molecule has 6 rings (SSSR count). The van der Waals surface area contributed by atoms with E-state index >= 15 is 0 Å². The number of aliphatic hydroxyl groups is 1. The van der Waals surface area contributed by atoms with Crippen molar-refractivity contribution in [1.82, 2.24) is 0 Å². The van der Waals surface area contributed by atoms with E-state index in [-0.39, 0.29) is 16.6 Å². The highest BCUT2D eigenvalue weighted by molar-refractivity contribution is 5.44. The van der Waals surface area contributed by atoms with Gasteiger partial charge in [0, 0.05) is 24.2 Å². The molecule has 0 aromatic carbocycles. The van der Waals surface area contributed by atoms with Gasteiger partial charge in [-0.15, -0.1) is 0 Å². The fourth-order valence-corrected chi connectivity index (χ4v) is 7.82. The first-order chi connectivity index (χ1) is 13.8. The average molecular weight is 399 g/mol. The highest BCUT2D eigenvalue weighted by Crippen LogP contribution is 2.74. The summed E-state index contributed by atoms with van der Waals surface area (Å²) in [5, 5.41) is 11.6. The van der Waals surface area contributed by atoms with E-state index in [1.54, 1.807) is 5.57 Å². The van der Waals surface area contributed by atoms with Gasteiger partial charge in [0.15, 0.2) is 5.79 Å². The van der Waals surface area contributed by atoms with E-state index < -0.39 is 11.4 Å². The van der Waals surface area contributed by atoms with Crippen LogP contribution in [0.2, 0.25) is 0 Å². The Balaban J connectivity index is 1.32. The zero-order chi connectivity index (χ0) is 20.1. The van der Waals surface area contributed by atoms with E-state index in [9.17, 15) is 5.11 Å². The quantitative estimate of drug-likeness (QED) is 0.381. The maximum absolute atomic E-state index is 11.6. The summed E-state index contributed by atoms with van der Waals surface area (Å²) in [6.07, 6.45) is 10.3. The number of ether oxygens (including phenoxy) is 3. The van der Waals surface area contributed by atoms with Crippen LogP contribution in [-0.2, 0) is 14.2 Å². The zero-order valence-electron chi connectivity index (χ0n) is 18.1. The molecule has 4 aliphatic carbocycles. The third-order valence-electron chi connectivity index (χ3n) is 9.39. The molecule has 2 saturated heterocycles. The number of hydrogen-bond acceptors (Lipinski definition) is 4. The summed E-state index contributed by atoms with van der Waals surface area (Å²) in [4.78, 5) is 0. The van der Waals surface area contributed by atoms with Gasteiger partial charge in [0.05, 0.1) is 13.2 Å². The van der Waals surface area contributed by atoms with Crippen LogP contribution in [0.25, 0.3) is 0 Å². The van der Waals surface area contributed by atoms with Crippen LogP contribution in [0.5, 0.6) is 0 Å². The van der Waals surface area contributed by atoms with Crippen molar-refractivity contribution in [2.75, 3.05) is 13.2 Å². The van der Waals surface area contributed by atoms with Crippen molar-refractivity contribution in [1.29, 1.82) is 0 Å². The molecule has 3 saturated carbocycles. The summed E-state index contributed by atoms with van der Waals surface area (Å²) in [5.41, 5.74) is 0.380. The smallest absolute Gasteiger partial charge is 0.171 e. The molecule has 0 radical (unpaired) electrons. The van der Waals surface area contributed by atoms with E-state index in [1.807, 2.05) is 0 Å². The summed E-state index contributed by atoms with van der Waals surface area (Å²) in [6, 6.07) is 0. The average Bonchev–Trinajstić information content (AvgIpc) is 3.03. The highest BCUT2D eigenvalue weighted by Gasteiger charge is 2.79. The summed E-state index contributed by atoms with van der Waals surface area (Å²) in [5.74, 6) is 7.51. The van der Waals surface area contributed by atoms with E-state index in [1.165, 1.54) is 0 Å². The molecule has 5 fully saturated rings. The van der Waals surface area contributed by atoms with Gasteiger partial charge in [-0.1, -0.05) is 38.7 Å². The molecule has 1 N–H and O–H groups in total. The predicted octanol–water partition coefficient (Wildman–Crippen LogP) is 3.97. The highest BCUT2D eigenvalue weighted by atomic mass is 16.7. The number of hydrogen-bond donors (Lipinski definition) is 1. The zero-order valence-corrected chi connectivity index (χ0v) is 18.1. The maximum atomic E-state index is 11.6. The Kier molecular flexibility index (Phi) is 3.70. The predicted molar refractivity (Wildman–Crippen MR) is 109 cm³/mol. The minimum Gasteiger partial charge on any atom is -0.377 e. The summed E-state index contributed by atoms with van der Waals surface area (Å²) < 4.78 is 18.8. The van der Waals surface area contributed by atoms with Gasteiger partial charge in [0.25, 0.3) is 0 Å². The largest absolute Gasteiger partial charge is 0.377 e. The lowest BCUT2D eigenvalue weighted by molar-refractivity contribution is -0.185. The van der Waals surface area contributed by atoms with Gasteiger partial charge in [0.1, 0.15) is 16.8 Å². The van der Waals surface area contributed by atoms with E-state index in [0.717, 1.165) is 51.4 Å². The topological polar surface area (TPSA) is 51.2 Å². The molecule has 0 aromatic rings. The number of fused-ring (bicyclic) bond motifs is 3. The Morgan fingerprint density at radius 3 is 2.66 bits per heavy atom. The second kappa shape index (κ2) is 5.68. The van der Waals surface area contributed by atoms with Crippen molar-refractivity contribution in [2.45, 2.75) is 94.7 Å². The van der Waals surface area contributed by atoms with Crippen LogP contribution in [-0.4, -0.2) is 40.9 Å². The molecule has 4 nitrogen and oxygen atoms in total. The monoisotopic (exact) mass is 398 g/mol. The van der Waals surface area contributed by atoms with Crippen LogP contribution >= 0.6 is 0 Å². The fourth-order valence-electron chi connectivity index (χ4n) is 7.82. The van der Waals surface area contributed by atoms with Crippen LogP contribution in [0.4, 0.5) is 0 Å². The normalized spacial score (nSPS) is 51.4. The molecule has 6 atom stereocenters. The van der Waals surface area contributed by atoms with E-state index in [2.05, 4.69) is 38.7 Å². The van der Waals surface area contributed by atoms with E-state index in [4.69, 9.17) is 14.2 Å². The molecular formula is C25H34O4. The van der Waals surface area contributed by atoms with Crippen molar-refractivity contribution < 1.29 is 19.3 Å². The van der Waals surface area contributed by atoms with Crippen LogP contribution in [0.1, 0.15) is 72.1 Å². The molecule has 0 aromatic heterocycles. The Hall–Kier alpha value is -0.860. The molecule has 4 unspecified atom stereocenters. The first-order valence-corrected chi connectivity index (χ1v) is 11.7. The van der Waals surface area contributed by atoms with Crippen molar-refractivity contribution in [3.05, 3.63) is 11.6 Å². The lowest BCUT2D eigenvalue weighted by Gasteiger charge is -2.51. The third-order valence-corrected chi connectivity index (χ3v) is 9.39. The van der Waals surface area contributed by atoms with Gasteiger partial charge >= 0.3 is 0 Å². The molecule has 29 heavy (non-hydrogen) atoms. The summed E-state index contributed by atoms with van der Waals surface area (Å²) in [7, 11) is 0. The lowest BCUT2D eigenvalue weighted by atomic mass is 9.53. The standard InChI is InChI=1S/C25H34O4/c1-17(2)4-9-22(26)10-7-19-18-5-11-23-16-24(27-14-15-28-24)12-13-25(23,29-23)20(18)6-8-21(19,22)3/h6,17-19,26H,5,7-8,10-16H2,1-3H3/t18?,19?,21-,22-,23?,25?/m0/s1. The molecule has 4 heteroatoms. The van der Waals surface area contributed by atoms with Gasteiger partial charge < -0.3 is 19.3 Å². The Bertz CT molecular complexity index is 829. The van der Waals surface area contributed by atoms with Crippen LogP contribution in [0.15, 0.2) is 11.6 Å². The van der Waals surface area contributed by atoms with Gasteiger partial charge in [-0.25, -0.2) is 0 Å². The second-order valence-corrected chi connectivity index (χ2v) is 11.1. The lowest BCUT2D eigenvalue weighted by Crippen LogP contribution is -2.53. The molecule has 158 valence electrons. The minimum absolute atomic E-state index is 0.0714. The van der Waals surface area contributed by atoms with E-state index in [0.29, 0.717) is 31.0 Å². The van der Waals surface area contributed by atoms with Crippen molar-refractivity contribution >= 4 is 0 Å². The minimum atomic E-state index is -0.858. The molecule has 2 aliphatic heterocycles. The Labute approximate surface area is 174 Å². The van der Waals surface area contributed by atoms with Gasteiger partial charge in [0.2, 0.25) is 0 Å². The molecule has 1 spiro atoms. The molecule has 0 amide bonds. The summed E-state index contributed by atoms with van der Waals surface area (Å²) >= 11 is 0. The first-order valence-electron chi connectivity index (χ1n) is 11.7. The van der Waals surface area contributed by atoms with Gasteiger partial charge in [-0.3, -0.25) is 0 Å². The fraction of sp³-hybridized carbons (Fsp3) is 0.840. The molecule has 0 bridgehead atoms. The maximum Gasteiger partial charge on any atom is 0.171 e. The van der Waals surface area contributed by atoms with Crippen molar-refractivity contribution in [3.63, 3.8) is 0 Å². The van der Waals surface area contributed by atoms with Crippen LogP contribution < -0.4 is 0 Å². The summed E-state index contributed by atoms with van der Waals surface area (Å²) in [6.45, 7) is 7.91. The second-order valence-electron chi connectivity index (χ2n) is 11.1. The number of epoxide rings is 1. The van der Waals surface area contributed by atoms with Crippen molar-refractivity contribution in [3.8, 4) is 11.8 Å². The van der Waals surface area contributed by atoms with Crippen molar-refractivity contribution in [2.24, 2.45) is 23.2 Å². The van der Waals surface area contributed by atoms with Crippen LogP contribution in [0.3, 0.4) is 0 Å². The SMILES string of the molecule is CC(C)C#C[C@]1(O)CCC2C3CCC45CC6(CCC4(O5)C3=CC[C@@]21C)OCCO6. The van der Waals surface area contributed by atoms with Crippen LogP contribution in [0, 0.1) is 35.0 Å². The van der Waals surface area contributed by atoms with Gasteiger partial charge in [-0.05, 0) is 55.9 Å². The Morgan fingerprint density at radius 2 is 1.90 bits per heavy atom. The molecular weight excluding hydrogens is 364 g/mol.